The van der Waals surface area contributed by atoms with Gasteiger partial charge in [-0.1, -0.05) is 6.07 Å². The Morgan fingerprint density at radius 3 is 2.90 bits per heavy atom. The maximum absolute atomic E-state index is 12.7. The molecule has 2 aromatic heterocycles. The van der Waals surface area contributed by atoms with E-state index in [1.807, 2.05) is 22.4 Å². The number of carbonyl (C=O) groups excluding carboxylic acids is 2. The average molecular weight is 433 g/mol. The molecule has 9 nitrogen and oxygen atoms in total. The van der Waals surface area contributed by atoms with Crippen LogP contribution in [0, 0.1) is 5.92 Å². The Bertz CT molecular complexity index is 833. The van der Waals surface area contributed by atoms with E-state index in [2.05, 4.69) is 20.4 Å². The summed E-state index contributed by atoms with van der Waals surface area (Å²) in [5.41, 5.74) is 0. The van der Waals surface area contributed by atoms with Gasteiger partial charge < -0.3 is 9.64 Å². The summed E-state index contributed by atoms with van der Waals surface area (Å²) in [6.45, 7) is 5.82. The average Bonchev–Trinajstić information content (AvgIpc) is 3.47. The van der Waals surface area contributed by atoms with Crippen LogP contribution in [-0.2, 0) is 22.6 Å². The van der Waals surface area contributed by atoms with Crippen LogP contribution in [0.4, 0.5) is 0 Å². The fraction of sp³-hybridized carbons (Fsp3) is 0.650. The van der Waals surface area contributed by atoms with Gasteiger partial charge in [-0.05, 0) is 41.1 Å². The van der Waals surface area contributed by atoms with Gasteiger partial charge in [-0.15, -0.1) is 16.4 Å². The molecule has 0 bridgehead atoms. The first-order valence-electron chi connectivity index (χ1n) is 10.6. The number of hydrogen-bond donors (Lipinski definition) is 0. The zero-order valence-corrected chi connectivity index (χ0v) is 17.9. The van der Waals surface area contributed by atoms with E-state index >= 15 is 0 Å². The van der Waals surface area contributed by atoms with Crippen molar-refractivity contribution in [1.29, 1.82) is 0 Å². The molecule has 0 N–H and O–H groups in total. The highest BCUT2D eigenvalue weighted by Gasteiger charge is 2.29. The molecule has 10 heteroatoms. The molecular weight excluding hydrogens is 404 g/mol. The number of ether oxygens (including phenoxy) is 1. The molecule has 2 aliphatic rings. The molecule has 1 amide bonds. The number of carbonyl (C=O) groups is 2. The Balaban J connectivity index is 1.24. The number of thiophene rings is 1. The lowest BCUT2D eigenvalue weighted by Gasteiger charge is -2.32. The van der Waals surface area contributed by atoms with Gasteiger partial charge in [0.05, 0.1) is 24.6 Å². The lowest BCUT2D eigenvalue weighted by Crippen LogP contribution is -2.42. The van der Waals surface area contributed by atoms with Crippen molar-refractivity contribution < 1.29 is 14.3 Å². The number of piperidine rings is 1. The number of ketones is 1. The number of likely N-dealkylation sites (tertiary alicyclic amines) is 1. The van der Waals surface area contributed by atoms with E-state index in [9.17, 15) is 9.59 Å². The minimum Gasteiger partial charge on any atom is -0.379 e. The third-order valence-electron chi connectivity index (χ3n) is 5.74. The fourth-order valence-electron chi connectivity index (χ4n) is 4.05. The molecular formula is C20H28N6O3S. The van der Waals surface area contributed by atoms with Crippen molar-refractivity contribution in [2.75, 3.05) is 39.4 Å². The molecule has 162 valence electrons. The second kappa shape index (κ2) is 10.2. The fourth-order valence-corrected chi connectivity index (χ4v) is 4.79. The zero-order chi connectivity index (χ0) is 20.8. The first kappa shape index (κ1) is 21.1. The van der Waals surface area contributed by atoms with Gasteiger partial charge in [0, 0.05) is 45.1 Å². The highest BCUT2D eigenvalue weighted by molar-refractivity contribution is 7.12. The summed E-state index contributed by atoms with van der Waals surface area (Å²) in [6, 6.07) is 3.77. The summed E-state index contributed by atoms with van der Waals surface area (Å²) in [5.74, 6) is 1.02. The molecule has 0 spiro atoms. The smallest absolute Gasteiger partial charge is 0.222 e. The first-order chi connectivity index (χ1) is 14.7. The third-order valence-corrected chi connectivity index (χ3v) is 6.63. The molecule has 4 heterocycles. The van der Waals surface area contributed by atoms with E-state index in [1.165, 1.54) is 11.3 Å². The summed E-state index contributed by atoms with van der Waals surface area (Å²) >= 11 is 1.48. The van der Waals surface area contributed by atoms with Crippen molar-refractivity contribution in [2.45, 2.75) is 38.8 Å². The monoisotopic (exact) mass is 432 g/mol. The highest BCUT2D eigenvalue weighted by Crippen LogP contribution is 2.23. The van der Waals surface area contributed by atoms with Crippen molar-refractivity contribution in [1.82, 2.24) is 30.0 Å². The molecule has 0 radical (unpaired) electrons. The van der Waals surface area contributed by atoms with Crippen LogP contribution in [0.1, 0.15) is 41.2 Å². The number of Topliss-reactive ketones (excluding diaryl/α,β-unsaturated/α-hetero) is 1. The molecule has 2 fully saturated rings. The van der Waals surface area contributed by atoms with Crippen molar-refractivity contribution in [3.05, 3.63) is 28.2 Å². The van der Waals surface area contributed by atoms with Gasteiger partial charge in [0.15, 0.2) is 11.6 Å². The predicted molar refractivity (Wildman–Crippen MR) is 111 cm³/mol. The molecule has 0 saturated carbocycles. The predicted octanol–water partition coefficient (Wildman–Crippen LogP) is 1.47. The van der Waals surface area contributed by atoms with E-state index in [4.69, 9.17) is 4.74 Å². The van der Waals surface area contributed by atoms with Gasteiger partial charge in [0.2, 0.25) is 5.91 Å². The van der Waals surface area contributed by atoms with Gasteiger partial charge in [-0.25, -0.2) is 4.68 Å². The number of amides is 1. The number of nitrogens with zero attached hydrogens (tertiary/aromatic N) is 6. The lowest BCUT2D eigenvalue weighted by molar-refractivity contribution is -0.132. The highest BCUT2D eigenvalue weighted by atomic mass is 32.1. The second-order valence-corrected chi connectivity index (χ2v) is 8.78. The second-order valence-electron chi connectivity index (χ2n) is 7.83. The van der Waals surface area contributed by atoms with Crippen molar-refractivity contribution >= 4 is 23.0 Å². The van der Waals surface area contributed by atoms with Crippen LogP contribution in [0.15, 0.2) is 17.5 Å². The summed E-state index contributed by atoms with van der Waals surface area (Å²) in [6.07, 6.45) is 2.86. The van der Waals surface area contributed by atoms with E-state index in [0.717, 1.165) is 56.4 Å². The molecule has 4 rings (SSSR count). The van der Waals surface area contributed by atoms with Crippen LogP contribution < -0.4 is 0 Å². The third kappa shape index (κ3) is 5.30. The summed E-state index contributed by atoms with van der Waals surface area (Å²) < 4.78 is 7.17. The van der Waals surface area contributed by atoms with E-state index in [0.29, 0.717) is 32.5 Å². The van der Waals surface area contributed by atoms with Gasteiger partial charge in [0.1, 0.15) is 0 Å². The number of hydrogen-bond acceptors (Lipinski definition) is 8. The van der Waals surface area contributed by atoms with Crippen LogP contribution in [0.3, 0.4) is 0 Å². The van der Waals surface area contributed by atoms with E-state index < -0.39 is 0 Å². The largest absolute Gasteiger partial charge is 0.379 e. The van der Waals surface area contributed by atoms with Crippen LogP contribution in [0.2, 0.25) is 0 Å². The summed E-state index contributed by atoms with van der Waals surface area (Å²) in [7, 11) is 0. The Kier molecular flexibility index (Phi) is 7.19. The van der Waals surface area contributed by atoms with Crippen molar-refractivity contribution in [2.24, 2.45) is 5.92 Å². The Morgan fingerprint density at radius 2 is 2.10 bits per heavy atom. The summed E-state index contributed by atoms with van der Waals surface area (Å²) in [4.78, 5) is 30.3. The van der Waals surface area contributed by atoms with Gasteiger partial charge >= 0.3 is 0 Å². The number of rotatable bonds is 8. The first-order valence-corrected chi connectivity index (χ1v) is 11.5. The Labute approximate surface area is 180 Å². The Morgan fingerprint density at radius 1 is 1.23 bits per heavy atom. The maximum Gasteiger partial charge on any atom is 0.222 e. The van der Waals surface area contributed by atoms with Crippen LogP contribution in [-0.4, -0.2) is 81.1 Å². The van der Waals surface area contributed by atoms with Crippen LogP contribution >= 0.6 is 11.3 Å². The quantitative estimate of drug-likeness (QED) is 0.583. The van der Waals surface area contributed by atoms with Gasteiger partial charge in [-0.3, -0.25) is 14.5 Å². The standard InChI is InChI=1S/C20H28N6O3S/c27-19(25-7-1-4-16(14-25)20(28)17-5-3-13-30-17)6-2-8-26-18(21-22-23-26)15-24-9-11-29-12-10-24/h3,5,13,16H,1-2,4,6-12,14-15H2/t16-/m1/s1. The number of aryl methyl sites for hydroxylation is 1. The minimum atomic E-state index is -0.0824. The molecule has 2 aliphatic heterocycles. The molecule has 2 aromatic rings. The topological polar surface area (TPSA) is 93.5 Å². The van der Waals surface area contributed by atoms with E-state index in [1.54, 1.807) is 4.68 Å². The molecule has 30 heavy (non-hydrogen) atoms. The maximum atomic E-state index is 12.7. The Hall–Kier alpha value is -2.17. The minimum absolute atomic E-state index is 0.0824. The molecule has 0 unspecified atom stereocenters. The van der Waals surface area contributed by atoms with Crippen LogP contribution in [0.25, 0.3) is 0 Å². The number of aromatic nitrogens is 4. The van der Waals surface area contributed by atoms with E-state index in [-0.39, 0.29) is 17.6 Å². The normalized spacial score (nSPS) is 20.4. The van der Waals surface area contributed by atoms with Crippen molar-refractivity contribution in [3.8, 4) is 0 Å². The van der Waals surface area contributed by atoms with Gasteiger partial charge in [0.25, 0.3) is 0 Å². The molecule has 0 aliphatic carbocycles. The zero-order valence-electron chi connectivity index (χ0n) is 17.1. The number of morpholine rings is 1. The molecule has 1 atom stereocenters. The van der Waals surface area contributed by atoms with Crippen molar-refractivity contribution in [3.63, 3.8) is 0 Å². The lowest BCUT2D eigenvalue weighted by atomic mass is 9.92. The number of tetrazole rings is 1. The SMILES string of the molecule is O=C(c1cccs1)[C@@H]1CCCN(C(=O)CCCn2nnnc2CN2CCOCC2)C1. The summed E-state index contributed by atoms with van der Waals surface area (Å²) in [5, 5.41) is 13.9. The molecule has 0 aromatic carbocycles. The molecule has 2 saturated heterocycles. The van der Waals surface area contributed by atoms with Gasteiger partial charge in [-0.2, -0.15) is 0 Å². The van der Waals surface area contributed by atoms with Crippen LogP contribution in [0.5, 0.6) is 0 Å².